The summed E-state index contributed by atoms with van der Waals surface area (Å²) in [5.74, 6) is 0. The van der Waals surface area contributed by atoms with Crippen LogP contribution in [0, 0.1) is 0 Å². The van der Waals surface area contributed by atoms with Crippen molar-refractivity contribution < 1.29 is 13.2 Å². The van der Waals surface area contributed by atoms with Crippen molar-refractivity contribution in [1.82, 2.24) is 10.6 Å². The Morgan fingerprint density at radius 1 is 0.864 bits per heavy atom. The van der Waals surface area contributed by atoms with Gasteiger partial charge in [-0.05, 0) is 23.3 Å². The number of primary sulfonamides is 1. The van der Waals surface area contributed by atoms with E-state index in [0.717, 1.165) is 11.1 Å². The van der Waals surface area contributed by atoms with E-state index in [1.807, 2.05) is 30.3 Å². The lowest BCUT2D eigenvalue weighted by molar-refractivity contribution is 0.240. The van der Waals surface area contributed by atoms with Crippen LogP contribution >= 0.6 is 0 Å². The topological polar surface area (TPSA) is 101 Å². The van der Waals surface area contributed by atoms with Gasteiger partial charge in [-0.25, -0.2) is 18.4 Å². The molecule has 0 saturated heterocycles. The molecule has 4 N–H and O–H groups in total. The molecule has 0 unspecified atom stereocenters. The van der Waals surface area contributed by atoms with Gasteiger partial charge in [-0.2, -0.15) is 0 Å². The monoisotopic (exact) mass is 319 g/mol. The van der Waals surface area contributed by atoms with Crippen LogP contribution in [0.15, 0.2) is 59.5 Å². The van der Waals surface area contributed by atoms with Crippen LogP contribution in [0.25, 0.3) is 0 Å². The molecule has 0 aliphatic rings. The van der Waals surface area contributed by atoms with Gasteiger partial charge in [0.05, 0.1) is 4.90 Å². The smallest absolute Gasteiger partial charge is 0.315 e. The van der Waals surface area contributed by atoms with Crippen molar-refractivity contribution in [2.24, 2.45) is 5.14 Å². The maximum absolute atomic E-state index is 11.7. The Kier molecular flexibility index (Phi) is 5.13. The predicted octanol–water partition coefficient (Wildman–Crippen LogP) is 1.33. The Labute approximate surface area is 129 Å². The fourth-order valence-corrected chi connectivity index (χ4v) is 2.34. The van der Waals surface area contributed by atoms with Gasteiger partial charge in [-0.3, -0.25) is 0 Å². The van der Waals surface area contributed by atoms with Crippen molar-refractivity contribution in [3.05, 3.63) is 65.7 Å². The molecule has 0 fully saturated rings. The quantitative estimate of drug-likeness (QED) is 0.775. The van der Waals surface area contributed by atoms with Gasteiger partial charge in [0.25, 0.3) is 0 Å². The first-order valence-corrected chi connectivity index (χ1v) is 8.17. The minimum Gasteiger partial charge on any atom is -0.334 e. The number of nitrogens with one attached hydrogen (secondary N) is 2. The van der Waals surface area contributed by atoms with Crippen LogP contribution in [0.2, 0.25) is 0 Å². The zero-order valence-corrected chi connectivity index (χ0v) is 12.6. The lowest BCUT2D eigenvalue weighted by Gasteiger charge is -2.08. The van der Waals surface area contributed by atoms with Crippen LogP contribution in [0.5, 0.6) is 0 Å². The maximum atomic E-state index is 11.7. The zero-order valence-electron chi connectivity index (χ0n) is 11.8. The molecule has 0 bridgehead atoms. The predicted molar refractivity (Wildman–Crippen MR) is 83.3 cm³/mol. The molecule has 22 heavy (non-hydrogen) atoms. The van der Waals surface area contributed by atoms with E-state index in [1.165, 1.54) is 12.1 Å². The first-order valence-electron chi connectivity index (χ1n) is 6.62. The van der Waals surface area contributed by atoms with Gasteiger partial charge in [-0.1, -0.05) is 42.5 Å². The molecule has 0 heterocycles. The van der Waals surface area contributed by atoms with Gasteiger partial charge in [0.2, 0.25) is 10.0 Å². The van der Waals surface area contributed by atoms with Crippen molar-refractivity contribution >= 4 is 16.1 Å². The summed E-state index contributed by atoms with van der Waals surface area (Å²) < 4.78 is 22.3. The minimum atomic E-state index is -3.69. The van der Waals surface area contributed by atoms with Crippen LogP contribution in [0.3, 0.4) is 0 Å². The number of hydrogen-bond donors (Lipinski definition) is 3. The highest BCUT2D eigenvalue weighted by atomic mass is 32.2. The van der Waals surface area contributed by atoms with Crippen molar-refractivity contribution in [2.45, 2.75) is 18.0 Å². The number of sulfonamides is 1. The van der Waals surface area contributed by atoms with Gasteiger partial charge in [-0.15, -0.1) is 0 Å². The van der Waals surface area contributed by atoms with E-state index in [0.29, 0.717) is 13.1 Å². The molecule has 0 saturated carbocycles. The third-order valence-corrected chi connectivity index (χ3v) is 3.93. The standard InChI is InChI=1S/C15H17N3O3S/c16-22(20,21)14-8-6-13(7-9-14)11-18-15(19)17-10-12-4-2-1-3-5-12/h1-9H,10-11H2,(H2,16,20,21)(H2,17,18,19). The highest BCUT2D eigenvalue weighted by Crippen LogP contribution is 2.08. The van der Waals surface area contributed by atoms with Crippen molar-refractivity contribution in [1.29, 1.82) is 0 Å². The Hall–Kier alpha value is -2.38. The number of hydrogen-bond acceptors (Lipinski definition) is 3. The fraction of sp³-hybridized carbons (Fsp3) is 0.133. The number of carbonyl (C=O) groups is 1. The van der Waals surface area contributed by atoms with Crippen LogP contribution in [-0.2, 0) is 23.1 Å². The molecule has 0 atom stereocenters. The fourth-order valence-electron chi connectivity index (χ4n) is 1.82. The number of rotatable bonds is 5. The molecule has 0 spiro atoms. The summed E-state index contributed by atoms with van der Waals surface area (Å²) >= 11 is 0. The summed E-state index contributed by atoms with van der Waals surface area (Å²) in [7, 11) is -3.69. The molecule has 7 heteroatoms. The Morgan fingerprint density at radius 2 is 1.36 bits per heavy atom. The molecule has 6 nitrogen and oxygen atoms in total. The summed E-state index contributed by atoms with van der Waals surface area (Å²) in [6.07, 6.45) is 0. The first kappa shape index (κ1) is 16.0. The van der Waals surface area contributed by atoms with Crippen LogP contribution in [0.4, 0.5) is 4.79 Å². The number of amides is 2. The molecule has 2 aromatic rings. The van der Waals surface area contributed by atoms with E-state index in [4.69, 9.17) is 5.14 Å². The second-order valence-corrected chi connectivity index (χ2v) is 6.27. The number of carbonyl (C=O) groups excluding carboxylic acids is 1. The van der Waals surface area contributed by atoms with Crippen LogP contribution < -0.4 is 15.8 Å². The van der Waals surface area contributed by atoms with Crippen molar-refractivity contribution in [2.75, 3.05) is 0 Å². The summed E-state index contributed by atoms with van der Waals surface area (Å²) in [6.45, 7) is 0.739. The molecule has 0 aliphatic carbocycles. The second-order valence-electron chi connectivity index (χ2n) is 4.71. The second kappa shape index (κ2) is 7.06. The third-order valence-electron chi connectivity index (χ3n) is 3.00. The largest absolute Gasteiger partial charge is 0.334 e. The average molecular weight is 319 g/mol. The molecule has 116 valence electrons. The molecular formula is C15H17N3O3S. The van der Waals surface area contributed by atoms with Crippen molar-refractivity contribution in [3.8, 4) is 0 Å². The average Bonchev–Trinajstić information content (AvgIpc) is 2.51. The summed E-state index contributed by atoms with van der Waals surface area (Å²) in [5.41, 5.74) is 1.79. The third kappa shape index (κ3) is 4.87. The highest BCUT2D eigenvalue weighted by molar-refractivity contribution is 7.89. The summed E-state index contributed by atoms with van der Waals surface area (Å²) in [6, 6.07) is 15.3. The number of nitrogens with two attached hydrogens (primary N) is 1. The van der Waals surface area contributed by atoms with Gasteiger partial charge in [0, 0.05) is 13.1 Å². The molecule has 2 aromatic carbocycles. The minimum absolute atomic E-state index is 0.0461. The lowest BCUT2D eigenvalue weighted by atomic mass is 10.2. The van der Waals surface area contributed by atoms with Gasteiger partial charge in [0.1, 0.15) is 0 Å². The summed E-state index contributed by atoms with van der Waals surface area (Å²) in [4.78, 5) is 11.7. The van der Waals surface area contributed by atoms with Gasteiger partial charge >= 0.3 is 6.03 Å². The van der Waals surface area contributed by atoms with Gasteiger partial charge < -0.3 is 10.6 Å². The molecule has 2 rings (SSSR count). The molecule has 2 amide bonds. The van der Waals surface area contributed by atoms with Crippen LogP contribution in [-0.4, -0.2) is 14.4 Å². The molecule has 0 radical (unpaired) electrons. The Bertz CT molecular complexity index is 728. The molecule has 0 aliphatic heterocycles. The normalized spacial score (nSPS) is 11.0. The van der Waals surface area contributed by atoms with E-state index in [1.54, 1.807) is 12.1 Å². The van der Waals surface area contributed by atoms with Crippen LogP contribution in [0.1, 0.15) is 11.1 Å². The SMILES string of the molecule is NS(=O)(=O)c1ccc(CNC(=O)NCc2ccccc2)cc1. The van der Waals surface area contributed by atoms with Gasteiger partial charge in [0.15, 0.2) is 0 Å². The number of urea groups is 1. The van der Waals surface area contributed by atoms with E-state index in [9.17, 15) is 13.2 Å². The Morgan fingerprint density at radius 3 is 1.86 bits per heavy atom. The zero-order chi connectivity index (χ0) is 16.0. The maximum Gasteiger partial charge on any atom is 0.315 e. The first-order chi connectivity index (χ1) is 10.4. The molecular weight excluding hydrogens is 302 g/mol. The number of benzene rings is 2. The van der Waals surface area contributed by atoms with E-state index in [2.05, 4.69) is 10.6 Å². The molecule has 0 aromatic heterocycles. The Balaban J connectivity index is 1.81. The van der Waals surface area contributed by atoms with E-state index in [-0.39, 0.29) is 10.9 Å². The van der Waals surface area contributed by atoms with E-state index >= 15 is 0 Å². The highest BCUT2D eigenvalue weighted by Gasteiger charge is 2.07. The van der Waals surface area contributed by atoms with Crippen molar-refractivity contribution in [3.63, 3.8) is 0 Å². The lowest BCUT2D eigenvalue weighted by Crippen LogP contribution is -2.34. The summed E-state index contributed by atoms with van der Waals surface area (Å²) in [5, 5.41) is 10.5. The van der Waals surface area contributed by atoms with E-state index < -0.39 is 10.0 Å².